The zero-order valence-electron chi connectivity index (χ0n) is 13.8. The lowest BCUT2D eigenvalue weighted by Crippen LogP contribution is -2.13. The Morgan fingerprint density at radius 3 is 2.72 bits per heavy atom. The van der Waals surface area contributed by atoms with Crippen LogP contribution in [0.1, 0.15) is 39.2 Å². The average Bonchev–Trinajstić information content (AvgIpc) is 3.00. The quantitative estimate of drug-likeness (QED) is 0.778. The van der Waals surface area contributed by atoms with Crippen LogP contribution in [0.5, 0.6) is 0 Å². The van der Waals surface area contributed by atoms with Gasteiger partial charge in [-0.2, -0.15) is 0 Å². The molecule has 0 saturated carbocycles. The molecule has 2 N–H and O–H groups in total. The predicted octanol–water partition coefficient (Wildman–Crippen LogP) is 3.69. The maximum atomic E-state index is 12.8. The van der Waals surface area contributed by atoms with Crippen LogP contribution in [-0.2, 0) is 6.42 Å². The van der Waals surface area contributed by atoms with Crippen LogP contribution in [0.15, 0.2) is 51.7 Å². The van der Waals surface area contributed by atoms with Crippen LogP contribution in [0.2, 0.25) is 0 Å². The molecule has 0 spiro atoms. The van der Waals surface area contributed by atoms with Gasteiger partial charge in [0.15, 0.2) is 5.43 Å². The van der Waals surface area contributed by atoms with Gasteiger partial charge in [-0.3, -0.25) is 9.59 Å². The normalized spacial score (nSPS) is 14.8. The summed E-state index contributed by atoms with van der Waals surface area (Å²) in [6.45, 7) is 2.06. The molecule has 124 valence electrons. The van der Waals surface area contributed by atoms with Gasteiger partial charge in [0.25, 0.3) is 0 Å². The lowest BCUT2D eigenvalue weighted by atomic mass is 10.0. The number of benzene rings is 2. The Bertz CT molecular complexity index is 1110. The first-order valence-corrected chi connectivity index (χ1v) is 8.21. The molecule has 0 fully saturated rings. The van der Waals surface area contributed by atoms with Gasteiger partial charge in [-0.15, -0.1) is 0 Å². The van der Waals surface area contributed by atoms with Crippen molar-refractivity contribution in [1.82, 2.24) is 0 Å². The van der Waals surface area contributed by atoms with E-state index in [0.717, 1.165) is 17.6 Å². The summed E-state index contributed by atoms with van der Waals surface area (Å²) >= 11 is 0. The number of hydrogen-bond donors (Lipinski definition) is 1. The van der Waals surface area contributed by atoms with Gasteiger partial charge in [0.05, 0.1) is 5.39 Å². The van der Waals surface area contributed by atoms with Gasteiger partial charge in [-0.05, 0) is 60.7 Å². The van der Waals surface area contributed by atoms with Crippen molar-refractivity contribution in [3.05, 3.63) is 80.7 Å². The van der Waals surface area contributed by atoms with E-state index < -0.39 is 5.91 Å². The zero-order chi connectivity index (χ0) is 17.6. The molecular formula is C21H17NO3. The van der Waals surface area contributed by atoms with Gasteiger partial charge in [0, 0.05) is 11.1 Å². The van der Waals surface area contributed by atoms with Gasteiger partial charge in [0.2, 0.25) is 5.91 Å². The highest BCUT2D eigenvalue weighted by Gasteiger charge is 2.24. The molecule has 2 aromatic carbocycles. The third-order valence-corrected chi connectivity index (χ3v) is 4.72. The number of allylic oxidation sites excluding steroid dienone is 1. The van der Waals surface area contributed by atoms with Crippen molar-refractivity contribution in [3.8, 4) is 0 Å². The van der Waals surface area contributed by atoms with E-state index in [1.165, 1.54) is 11.6 Å². The lowest BCUT2D eigenvalue weighted by Gasteiger charge is -2.06. The van der Waals surface area contributed by atoms with E-state index in [1.54, 1.807) is 12.1 Å². The van der Waals surface area contributed by atoms with Crippen molar-refractivity contribution < 1.29 is 9.21 Å². The largest absolute Gasteiger partial charge is 0.456 e. The molecule has 3 aromatic rings. The minimum Gasteiger partial charge on any atom is -0.456 e. The summed E-state index contributed by atoms with van der Waals surface area (Å²) in [6, 6.07) is 12.9. The highest BCUT2D eigenvalue weighted by Crippen LogP contribution is 2.34. The fraction of sp³-hybridized carbons (Fsp3) is 0.143. The number of fused-ring (bicyclic) bond motifs is 2. The number of rotatable bonds is 2. The van der Waals surface area contributed by atoms with E-state index >= 15 is 0 Å². The Morgan fingerprint density at radius 2 is 1.96 bits per heavy atom. The van der Waals surface area contributed by atoms with Gasteiger partial charge in [-0.1, -0.05) is 24.3 Å². The second-order valence-electron chi connectivity index (χ2n) is 6.34. The molecule has 4 rings (SSSR count). The average molecular weight is 331 g/mol. The fourth-order valence-electron chi connectivity index (χ4n) is 3.32. The van der Waals surface area contributed by atoms with Crippen molar-refractivity contribution in [2.45, 2.75) is 19.8 Å². The second kappa shape index (κ2) is 5.74. The summed E-state index contributed by atoms with van der Waals surface area (Å²) in [5, 5.41) is 0.409. The van der Waals surface area contributed by atoms with Crippen LogP contribution in [0.3, 0.4) is 0 Å². The van der Waals surface area contributed by atoms with Crippen LogP contribution in [0.4, 0.5) is 0 Å². The van der Waals surface area contributed by atoms with Gasteiger partial charge in [0.1, 0.15) is 11.3 Å². The van der Waals surface area contributed by atoms with E-state index in [-0.39, 0.29) is 5.43 Å². The summed E-state index contributed by atoms with van der Waals surface area (Å²) in [6.07, 6.45) is 3.50. The van der Waals surface area contributed by atoms with E-state index in [2.05, 4.69) is 25.1 Å². The Hall–Kier alpha value is -3.14. The molecule has 1 aliphatic rings. The van der Waals surface area contributed by atoms with Crippen molar-refractivity contribution in [3.63, 3.8) is 0 Å². The number of nitrogens with two attached hydrogens (primary N) is 1. The summed E-state index contributed by atoms with van der Waals surface area (Å²) < 4.78 is 6.02. The molecule has 4 heteroatoms. The van der Waals surface area contributed by atoms with Gasteiger partial charge < -0.3 is 10.2 Å². The molecule has 0 saturated heterocycles. The zero-order valence-corrected chi connectivity index (χ0v) is 13.8. The summed E-state index contributed by atoms with van der Waals surface area (Å²) in [7, 11) is 0. The Balaban J connectivity index is 1.90. The summed E-state index contributed by atoms with van der Waals surface area (Å²) in [4.78, 5) is 24.2. The molecule has 0 atom stereocenters. The number of primary amides is 1. The molecule has 0 bridgehead atoms. The van der Waals surface area contributed by atoms with Gasteiger partial charge >= 0.3 is 0 Å². The topological polar surface area (TPSA) is 73.3 Å². The summed E-state index contributed by atoms with van der Waals surface area (Å²) in [5.74, 6) is 0.106. The molecule has 25 heavy (non-hydrogen) atoms. The van der Waals surface area contributed by atoms with Crippen molar-refractivity contribution >= 4 is 28.5 Å². The number of carbonyl (C=O) groups excluding carboxylic acids is 1. The SMILES string of the molecule is Cc1ccccc1C=C1CCc2c1oc1ccc(C(N)=O)cc1c2=O. The van der Waals surface area contributed by atoms with Gasteiger partial charge in [-0.25, -0.2) is 0 Å². The number of amides is 1. The van der Waals surface area contributed by atoms with E-state index in [9.17, 15) is 9.59 Å². The molecule has 4 nitrogen and oxygen atoms in total. The maximum absolute atomic E-state index is 12.8. The Labute approximate surface area is 144 Å². The van der Waals surface area contributed by atoms with E-state index in [4.69, 9.17) is 10.2 Å². The van der Waals surface area contributed by atoms with Crippen LogP contribution in [-0.4, -0.2) is 5.91 Å². The van der Waals surface area contributed by atoms with Crippen LogP contribution in [0, 0.1) is 6.92 Å². The minimum atomic E-state index is -0.554. The predicted molar refractivity (Wildman–Crippen MR) is 98.4 cm³/mol. The smallest absolute Gasteiger partial charge is 0.248 e. The molecule has 1 amide bonds. The van der Waals surface area contributed by atoms with Crippen molar-refractivity contribution in [2.75, 3.05) is 0 Å². The number of hydrogen-bond acceptors (Lipinski definition) is 3. The fourth-order valence-corrected chi connectivity index (χ4v) is 3.32. The molecular weight excluding hydrogens is 314 g/mol. The Morgan fingerprint density at radius 1 is 1.16 bits per heavy atom. The van der Waals surface area contributed by atoms with Crippen LogP contribution in [0.25, 0.3) is 22.6 Å². The number of aryl methyl sites for hydroxylation is 1. The van der Waals surface area contributed by atoms with Crippen molar-refractivity contribution in [1.29, 1.82) is 0 Å². The summed E-state index contributed by atoms with van der Waals surface area (Å²) in [5.41, 5.74) is 10.0. The van der Waals surface area contributed by atoms with Crippen LogP contribution >= 0.6 is 0 Å². The first kappa shape index (κ1) is 15.4. The first-order chi connectivity index (χ1) is 12.0. The molecule has 1 aromatic heterocycles. The Kier molecular flexibility index (Phi) is 3.53. The first-order valence-electron chi connectivity index (χ1n) is 8.21. The molecule has 1 aliphatic carbocycles. The molecule has 0 aliphatic heterocycles. The minimum absolute atomic E-state index is 0.0764. The highest BCUT2D eigenvalue weighted by atomic mass is 16.3. The highest BCUT2D eigenvalue weighted by molar-refractivity contribution is 5.97. The lowest BCUT2D eigenvalue weighted by molar-refractivity contribution is 0.100. The third kappa shape index (κ3) is 2.56. The maximum Gasteiger partial charge on any atom is 0.248 e. The van der Waals surface area contributed by atoms with E-state index in [1.807, 2.05) is 12.1 Å². The third-order valence-electron chi connectivity index (χ3n) is 4.72. The van der Waals surface area contributed by atoms with E-state index in [0.29, 0.717) is 34.3 Å². The molecule has 0 radical (unpaired) electrons. The monoisotopic (exact) mass is 331 g/mol. The molecule has 0 unspecified atom stereocenters. The van der Waals surface area contributed by atoms with Crippen LogP contribution < -0.4 is 11.2 Å². The second-order valence-corrected chi connectivity index (χ2v) is 6.34. The number of carbonyl (C=O) groups is 1. The van der Waals surface area contributed by atoms with Crippen molar-refractivity contribution in [2.24, 2.45) is 5.73 Å². The molecule has 1 heterocycles. The standard InChI is InChI=1S/C21H17NO3/c1-12-4-2-3-5-13(12)10-14-6-8-16-19(23)17-11-15(21(22)24)7-9-18(17)25-20(14)16/h2-5,7,9-11H,6,8H2,1H3,(H2,22,24).